The van der Waals surface area contributed by atoms with E-state index in [0.29, 0.717) is 35.0 Å². The van der Waals surface area contributed by atoms with Crippen LogP contribution in [0.5, 0.6) is 11.5 Å². The summed E-state index contributed by atoms with van der Waals surface area (Å²) in [5, 5.41) is 6.95. The monoisotopic (exact) mass is 434 g/mol. The van der Waals surface area contributed by atoms with E-state index in [1.165, 1.54) is 11.3 Å². The first-order valence-electron chi connectivity index (χ1n) is 9.58. The van der Waals surface area contributed by atoms with Crippen LogP contribution in [0.4, 0.5) is 16.5 Å². The largest absolute Gasteiger partial charge is 0.493 e. The van der Waals surface area contributed by atoms with Crippen molar-refractivity contribution in [2.45, 2.75) is 6.54 Å². The fourth-order valence-electron chi connectivity index (χ4n) is 3.12. The molecule has 4 N–H and O–H groups in total. The van der Waals surface area contributed by atoms with Crippen LogP contribution in [-0.2, 0) is 6.54 Å². The first-order valence-corrected chi connectivity index (χ1v) is 10.4. The van der Waals surface area contributed by atoms with Crippen LogP contribution < -0.4 is 25.8 Å². The van der Waals surface area contributed by atoms with Gasteiger partial charge >= 0.3 is 0 Å². The molecule has 0 atom stereocenters. The minimum atomic E-state index is -0.215. The molecule has 0 unspecified atom stereocenters. The van der Waals surface area contributed by atoms with E-state index < -0.39 is 0 Å². The van der Waals surface area contributed by atoms with E-state index in [2.05, 4.69) is 15.6 Å². The minimum absolute atomic E-state index is 0.215. The SMILES string of the molecule is COc1ccc(CNc2nc3ccc(C(=O)Nc4ccccc4N)cc3s2)cc1OC. The lowest BCUT2D eigenvalue weighted by molar-refractivity contribution is 0.102. The van der Waals surface area contributed by atoms with Crippen molar-refractivity contribution in [3.8, 4) is 11.5 Å². The molecule has 4 rings (SSSR count). The maximum atomic E-state index is 12.6. The van der Waals surface area contributed by atoms with Crippen LogP contribution in [0.3, 0.4) is 0 Å². The topological polar surface area (TPSA) is 98.5 Å². The van der Waals surface area contributed by atoms with E-state index in [1.54, 1.807) is 32.4 Å². The quantitative estimate of drug-likeness (QED) is 0.363. The van der Waals surface area contributed by atoms with Gasteiger partial charge in [-0.2, -0.15) is 0 Å². The maximum absolute atomic E-state index is 12.6. The van der Waals surface area contributed by atoms with Crippen molar-refractivity contribution in [3.05, 3.63) is 71.8 Å². The minimum Gasteiger partial charge on any atom is -0.493 e. The van der Waals surface area contributed by atoms with Gasteiger partial charge in [0.15, 0.2) is 16.6 Å². The molecular formula is C23H22N4O3S. The van der Waals surface area contributed by atoms with E-state index in [9.17, 15) is 4.79 Å². The Bertz CT molecular complexity index is 1240. The van der Waals surface area contributed by atoms with E-state index >= 15 is 0 Å². The van der Waals surface area contributed by atoms with Crippen LogP contribution in [0.25, 0.3) is 10.2 Å². The van der Waals surface area contributed by atoms with Gasteiger partial charge in [-0.1, -0.05) is 29.5 Å². The van der Waals surface area contributed by atoms with Crippen LogP contribution >= 0.6 is 11.3 Å². The normalized spacial score (nSPS) is 10.6. The number of fused-ring (bicyclic) bond motifs is 1. The highest BCUT2D eigenvalue weighted by atomic mass is 32.1. The number of benzene rings is 3. The van der Waals surface area contributed by atoms with Crippen molar-refractivity contribution < 1.29 is 14.3 Å². The number of para-hydroxylation sites is 2. The zero-order valence-electron chi connectivity index (χ0n) is 17.1. The number of rotatable bonds is 7. The van der Waals surface area contributed by atoms with Crippen LogP contribution in [0, 0.1) is 0 Å². The summed E-state index contributed by atoms with van der Waals surface area (Å²) in [6.07, 6.45) is 0. The molecule has 3 aromatic carbocycles. The molecule has 0 bridgehead atoms. The summed E-state index contributed by atoms with van der Waals surface area (Å²) < 4.78 is 11.5. The van der Waals surface area contributed by atoms with E-state index in [1.807, 2.05) is 42.5 Å². The Morgan fingerprint density at radius 1 is 1.03 bits per heavy atom. The fourth-order valence-corrected chi connectivity index (χ4v) is 4.02. The molecule has 1 heterocycles. The maximum Gasteiger partial charge on any atom is 0.255 e. The Hall–Kier alpha value is -3.78. The van der Waals surface area contributed by atoms with Crippen molar-refractivity contribution in [2.75, 3.05) is 30.6 Å². The zero-order valence-corrected chi connectivity index (χ0v) is 18.0. The standard InChI is InChI=1S/C23H22N4O3S/c1-29-19-10-7-14(11-20(19)30-2)13-25-23-27-18-9-8-15(12-21(18)31-23)22(28)26-17-6-4-3-5-16(17)24/h3-12H,13,24H2,1-2H3,(H,25,27)(H,26,28). The van der Waals surface area contributed by atoms with E-state index in [-0.39, 0.29) is 5.91 Å². The van der Waals surface area contributed by atoms with Gasteiger partial charge in [-0.15, -0.1) is 0 Å². The first kappa shape index (κ1) is 20.5. The van der Waals surface area contributed by atoms with Gasteiger partial charge in [0.25, 0.3) is 5.91 Å². The Labute approximate surface area is 183 Å². The molecule has 1 aromatic heterocycles. The lowest BCUT2D eigenvalue weighted by Gasteiger charge is -2.09. The number of hydrogen-bond donors (Lipinski definition) is 3. The summed E-state index contributed by atoms with van der Waals surface area (Å²) in [6.45, 7) is 0.584. The van der Waals surface area contributed by atoms with Gasteiger partial charge < -0.3 is 25.8 Å². The number of carbonyl (C=O) groups excluding carboxylic acids is 1. The molecule has 0 aliphatic rings. The van der Waals surface area contributed by atoms with Gasteiger partial charge in [-0.25, -0.2) is 4.98 Å². The summed E-state index contributed by atoms with van der Waals surface area (Å²) in [7, 11) is 3.22. The zero-order chi connectivity index (χ0) is 21.8. The highest BCUT2D eigenvalue weighted by Crippen LogP contribution is 2.30. The second-order valence-corrected chi connectivity index (χ2v) is 7.82. The van der Waals surface area contributed by atoms with Gasteiger partial charge in [0, 0.05) is 12.1 Å². The number of nitrogens with zero attached hydrogens (tertiary/aromatic N) is 1. The number of hydrogen-bond acceptors (Lipinski definition) is 7. The Morgan fingerprint density at radius 3 is 2.61 bits per heavy atom. The van der Waals surface area contributed by atoms with Gasteiger partial charge in [0.05, 0.1) is 35.8 Å². The molecule has 1 amide bonds. The highest BCUT2D eigenvalue weighted by Gasteiger charge is 2.11. The number of nitrogens with two attached hydrogens (primary N) is 1. The second-order valence-electron chi connectivity index (χ2n) is 6.79. The molecule has 0 aliphatic heterocycles. The molecule has 4 aromatic rings. The summed E-state index contributed by atoms with van der Waals surface area (Å²) in [6, 6.07) is 18.4. The molecule has 0 radical (unpaired) electrons. The number of aromatic nitrogens is 1. The molecule has 0 saturated heterocycles. The van der Waals surface area contributed by atoms with Crippen molar-refractivity contribution >= 4 is 44.0 Å². The molecule has 158 valence electrons. The van der Waals surface area contributed by atoms with Crippen molar-refractivity contribution in [3.63, 3.8) is 0 Å². The molecule has 0 saturated carbocycles. The number of nitrogens with one attached hydrogen (secondary N) is 2. The lowest BCUT2D eigenvalue weighted by Crippen LogP contribution is -2.12. The molecule has 0 spiro atoms. The Balaban J connectivity index is 1.47. The third kappa shape index (κ3) is 4.54. The predicted molar refractivity (Wildman–Crippen MR) is 125 cm³/mol. The Morgan fingerprint density at radius 2 is 1.84 bits per heavy atom. The summed E-state index contributed by atoms with van der Waals surface area (Å²) in [5.41, 5.74) is 9.44. The van der Waals surface area contributed by atoms with Crippen molar-refractivity contribution in [2.24, 2.45) is 0 Å². The summed E-state index contributed by atoms with van der Waals surface area (Å²) in [5.74, 6) is 1.16. The first-order chi connectivity index (χ1) is 15.1. The number of amides is 1. The average Bonchev–Trinajstić information content (AvgIpc) is 3.21. The van der Waals surface area contributed by atoms with E-state index in [4.69, 9.17) is 15.2 Å². The Kier molecular flexibility index (Phi) is 5.90. The number of thiazole rings is 1. The molecule has 31 heavy (non-hydrogen) atoms. The van der Waals surface area contributed by atoms with Crippen LogP contribution in [-0.4, -0.2) is 25.1 Å². The van der Waals surface area contributed by atoms with Crippen LogP contribution in [0.15, 0.2) is 60.7 Å². The van der Waals surface area contributed by atoms with Gasteiger partial charge in [-0.3, -0.25) is 4.79 Å². The summed E-state index contributed by atoms with van der Waals surface area (Å²) >= 11 is 1.49. The highest BCUT2D eigenvalue weighted by molar-refractivity contribution is 7.22. The van der Waals surface area contributed by atoms with Crippen molar-refractivity contribution in [1.82, 2.24) is 4.98 Å². The van der Waals surface area contributed by atoms with Crippen LogP contribution in [0.2, 0.25) is 0 Å². The van der Waals surface area contributed by atoms with Gasteiger partial charge in [-0.05, 0) is 48.0 Å². The fraction of sp³-hybridized carbons (Fsp3) is 0.130. The third-order valence-corrected chi connectivity index (χ3v) is 5.73. The van der Waals surface area contributed by atoms with Gasteiger partial charge in [0.2, 0.25) is 0 Å². The number of anilines is 3. The number of methoxy groups -OCH3 is 2. The van der Waals surface area contributed by atoms with Crippen molar-refractivity contribution in [1.29, 1.82) is 0 Å². The second kappa shape index (κ2) is 8.93. The third-order valence-electron chi connectivity index (χ3n) is 4.75. The lowest BCUT2D eigenvalue weighted by atomic mass is 10.2. The van der Waals surface area contributed by atoms with E-state index in [0.717, 1.165) is 20.9 Å². The molecule has 8 heteroatoms. The summed E-state index contributed by atoms with van der Waals surface area (Å²) in [4.78, 5) is 17.2. The number of carbonyl (C=O) groups is 1. The average molecular weight is 435 g/mol. The van der Waals surface area contributed by atoms with Gasteiger partial charge in [0.1, 0.15) is 0 Å². The van der Waals surface area contributed by atoms with Crippen LogP contribution in [0.1, 0.15) is 15.9 Å². The molecule has 7 nitrogen and oxygen atoms in total. The molecule has 0 fully saturated rings. The smallest absolute Gasteiger partial charge is 0.255 e. The molecular weight excluding hydrogens is 412 g/mol. The predicted octanol–water partition coefficient (Wildman–Crippen LogP) is 4.76. The number of ether oxygens (including phenoxy) is 2. The number of nitrogen functional groups attached to an aromatic ring is 1. The molecule has 0 aliphatic carbocycles.